The molecule has 178 valence electrons. The minimum atomic E-state index is -0.612. The standard InChI is InChI=1S/C29H34N2O3/c1-21-15-16-22(2)26(19-21)34-18-10-17-29(3,4)28(33)31-25-14-9-8-13-24(25)27(32)30-20-23-11-6-5-7-12-23/h5-9,11-16,19H,10,17-18,20H2,1-4H3,(H,30,32)(H,31,33). The van der Waals surface area contributed by atoms with Crippen molar-refractivity contribution in [2.75, 3.05) is 11.9 Å². The topological polar surface area (TPSA) is 67.4 Å². The number of carbonyl (C=O) groups is 2. The molecule has 34 heavy (non-hydrogen) atoms. The van der Waals surface area contributed by atoms with Gasteiger partial charge < -0.3 is 15.4 Å². The van der Waals surface area contributed by atoms with E-state index in [1.807, 2.05) is 70.2 Å². The summed E-state index contributed by atoms with van der Waals surface area (Å²) in [5.74, 6) is 0.541. The molecule has 3 aromatic rings. The molecule has 2 N–H and O–H groups in total. The Morgan fingerprint density at radius 2 is 1.62 bits per heavy atom. The second-order valence-electron chi connectivity index (χ2n) is 9.27. The Balaban J connectivity index is 1.55. The molecule has 0 unspecified atom stereocenters. The molecule has 0 aromatic heterocycles. The van der Waals surface area contributed by atoms with Crippen molar-refractivity contribution >= 4 is 17.5 Å². The van der Waals surface area contributed by atoms with Gasteiger partial charge in [-0.05, 0) is 61.6 Å². The minimum Gasteiger partial charge on any atom is -0.493 e. The van der Waals surface area contributed by atoms with Crippen LogP contribution in [0.5, 0.6) is 5.75 Å². The molecule has 0 heterocycles. The zero-order valence-electron chi connectivity index (χ0n) is 20.5. The maximum Gasteiger partial charge on any atom is 0.253 e. The van der Waals surface area contributed by atoms with E-state index in [4.69, 9.17) is 4.74 Å². The fourth-order valence-electron chi connectivity index (χ4n) is 3.63. The van der Waals surface area contributed by atoms with Crippen molar-refractivity contribution in [1.82, 2.24) is 5.32 Å². The highest BCUT2D eigenvalue weighted by Crippen LogP contribution is 2.27. The van der Waals surface area contributed by atoms with Gasteiger partial charge in [-0.1, -0.05) is 68.4 Å². The highest BCUT2D eigenvalue weighted by molar-refractivity contribution is 6.04. The average Bonchev–Trinajstić information content (AvgIpc) is 2.83. The van der Waals surface area contributed by atoms with E-state index < -0.39 is 5.41 Å². The number of aryl methyl sites for hydroxylation is 2. The SMILES string of the molecule is Cc1ccc(C)c(OCCCC(C)(C)C(=O)Nc2ccccc2C(=O)NCc2ccccc2)c1. The molecule has 0 saturated heterocycles. The lowest BCUT2D eigenvalue weighted by atomic mass is 9.86. The predicted octanol–water partition coefficient (Wildman–Crippen LogP) is 6.06. The van der Waals surface area contributed by atoms with Crippen molar-refractivity contribution in [2.45, 2.75) is 47.1 Å². The summed E-state index contributed by atoms with van der Waals surface area (Å²) in [6.45, 7) is 8.86. The molecule has 2 amide bonds. The third-order valence-electron chi connectivity index (χ3n) is 5.88. The summed E-state index contributed by atoms with van der Waals surface area (Å²) in [5.41, 5.74) is 3.62. The van der Waals surface area contributed by atoms with E-state index >= 15 is 0 Å². The number of nitrogens with one attached hydrogen (secondary N) is 2. The smallest absolute Gasteiger partial charge is 0.253 e. The largest absolute Gasteiger partial charge is 0.493 e. The van der Waals surface area contributed by atoms with Crippen LogP contribution >= 0.6 is 0 Å². The summed E-state index contributed by atoms with van der Waals surface area (Å²) in [6, 6.07) is 23.0. The molecule has 0 bridgehead atoms. The van der Waals surface area contributed by atoms with Crippen molar-refractivity contribution < 1.29 is 14.3 Å². The third kappa shape index (κ3) is 6.95. The predicted molar refractivity (Wildman–Crippen MR) is 137 cm³/mol. The minimum absolute atomic E-state index is 0.123. The Morgan fingerprint density at radius 1 is 0.912 bits per heavy atom. The Hall–Kier alpha value is -3.60. The van der Waals surface area contributed by atoms with E-state index in [2.05, 4.69) is 22.8 Å². The number of ether oxygens (including phenoxy) is 1. The van der Waals surface area contributed by atoms with Crippen LogP contribution in [0.25, 0.3) is 0 Å². The molecule has 0 saturated carbocycles. The Morgan fingerprint density at radius 3 is 2.38 bits per heavy atom. The van der Waals surface area contributed by atoms with Crippen LogP contribution in [-0.4, -0.2) is 18.4 Å². The molecule has 0 aliphatic heterocycles. The normalized spacial score (nSPS) is 11.1. The van der Waals surface area contributed by atoms with Gasteiger partial charge in [0.25, 0.3) is 5.91 Å². The second-order valence-corrected chi connectivity index (χ2v) is 9.27. The van der Waals surface area contributed by atoms with Gasteiger partial charge in [-0.15, -0.1) is 0 Å². The van der Waals surface area contributed by atoms with Gasteiger partial charge in [0, 0.05) is 12.0 Å². The molecule has 0 atom stereocenters. The first kappa shape index (κ1) is 25.0. The Kier molecular flexibility index (Phi) is 8.47. The number of carbonyl (C=O) groups excluding carboxylic acids is 2. The number of anilines is 1. The average molecular weight is 459 g/mol. The Bertz CT molecular complexity index is 1120. The second kappa shape index (κ2) is 11.5. The van der Waals surface area contributed by atoms with Crippen LogP contribution in [0.15, 0.2) is 72.8 Å². The first-order valence-electron chi connectivity index (χ1n) is 11.7. The van der Waals surface area contributed by atoms with Crippen LogP contribution in [0.4, 0.5) is 5.69 Å². The Labute approximate surface area is 202 Å². The highest BCUT2D eigenvalue weighted by Gasteiger charge is 2.28. The lowest BCUT2D eigenvalue weighted by Gasteiger charge is -2.24. The van der Waals surface area contributed by atoms with Crippen LogP contribution in [0.1, 0.15) is 53.7 Å². The van der Waals surface area contributed by atoms with Gasteiger partial charge in [-0.2, -0.15) is 0 Å². The van der Waals surface area contributed by atoms with Crippen molar-refractivity contribution in [1.29, 1.82) is 0 Å². The molecule has 5 heteroatoms. The highest BCUT2D eigenvalue weighted by atomic mass is 16.5. The summed E-state index contributed by atoms with van der Waals surface area (Å²) >= 11 is 0. The lowest BCUT2D eigenvalue weighted by Crippen LogP contribution is -2.32. The van der Waals surface area contributed by atoms with Crippen LogP contribution in [0, 0.1) is 19.3 Å². The first-order valence-corrected chi connectivity index (χ1v) is 11.7. The number of benzene rings is 3. The van der Waals surface area contributed by atoms with E-state index in [9.17, 15) is 9.59 Å². The molecule has 0 fully saturated rings. The van der Waals surface area contributed by atoms with Crippen molar-refractivity contribution in [3.63, 3.8) is 0 Å². The van der Waals surface area contributed by atoms with E-state index in [-0.39, 0.29) is 11.8 Å². The van der Waals surface area contributed by atoms with Crippen LogP contribution in [0.2, 0.25) is 0 Å². The molecular formula is C29H34N2O3. The maximum atomic E-state index is 13.1. The van der Waals surface area contributed by atoms with Crippen molar-refractivity contribution in [3.8, 4) is 5.75 Å². The zero-order valence-corrected chi connectivity index (χ0v) is 20.5. The number of rotatable bonds is 10. The summed E-state index contributed by atoms with van der Waals surface area (Å²) in [4.78, 5) is 25.9. The van der Waals surface area contributed by atoms with E-state index in [0.717, 1.165) is 28.9 Å². The molecule has 5 nitrogen and oxygen atoms in total. The van der Waals surface area contributed by atoms with Gasteiger partial charge in [0.1, 0.15) is 5.75 Å². The molecule has 3 aromatic carbocycles. The maximum absolute atomic E-state index is 13.1. The van der Waals surface area contributed by atoms with Gasteiger partial charge in [-0.25, -0.2) is 0 Å². The van der Waals surface area contributed by atoms with Gasteiger partial charge in [0.05, 0.1) is 17.9 Å². The molecule has 0 aliphatic carbocycles. The van der Waals surface area contributed by atoms with Crippen molar-refractivity contribution in [3.05, 3.63) is 95.1 Å². The van der Waals surface area contributed by atoms with Crippen molar-refractivity contribution in [2.24, 2.45) is 5.41 Å². The molecular weight excluding hydrogens is 424 g/mol. The number of hydrogen-bond acceptors (Lipinski definition) is 3. The lowest BCUT2D eigenvalue weighted by molar-refractivity contribution is -0.124. The molecule has 0 radical (unpaired) electrons. The summed E-state index contributed by atoms with van der Waals surface area (Å²) in [6.07, 6.45) is 1.40. The van der Waals surface area contributed by atoms with Crippen LogP contribution in [-0.2, 0) is 11.3 Å². The van der Waals surface area contributed by atoms with Crippen LogP contribution < -0.4 is 15.4 Å². The third-order valence-corrected chi connectivity index (χ3v) is 5.88. The summed E-state index contributed by atoms with van der Waals surface area (Å²) in [5, 5.41) is 5.89. The van der Waals surface area contributed by atoms with Gasteiger partial charge in [0.2, 0.25) is 5.91 Å². The molecule has 0 spiro atoms. The van der Waals surface area contributed by atoms with Gasteiger partial charge in [-0.3, -0.25) is 9.59 Å². The fraction of sp³-hybridized carbons (Fsp3) is 0.310. The summed E-state index contributed by atoms with van der Waals surface area (Å²) < 4.78 is 5.94. The number of para-hydroxylation sites is 1. The number of amides is 2. The van der Waals surface area contributed by atoms with E-state index in [1.54, 1.807) is 18.2 Å². The van der Waals surface area contributed by atoms with Gasteiger partial charge >= 0.3 is 0 Å². The van der Waals surface area contributed by atoms with E-state index in [0.29, 0.717) is 30.8 Å². The quantitative estimate of drug-likeness (QED) is 0.363. The zero-order chi connectivity index (χ0) is 24.6. The van der Waals surface area contributed by atoms with E-state index in [1.165, 1.54) is 0 Å². The summed E-state index contributed by atoms with van der Waals surface area (Å²) in [7, 11) is 0. The van der Waals surface area contributed by atoms with Crippen LogP contribution in [0.3, 0.4) is 0 Å². The molecule has 3 rings (SSSR count). The molecule has 0 aliphatic rings. The number of hydrogen-bond donors (Lipinski definition) is 2. The first-order chi connectivity index (χ1) is 16.3. The monoisotopic (exact) mass is 458 g/mol. The fourth-order valence-corrected chi connectivity index (χ4v) is 3.63. The van der Waals surface area contributed by atoms with Gasteiger partial charge in [0.15, 0.2) is 0 Å².